The van der Waals surface area contributed by atoms with E-state index in [4.69, 9.17) is 0 Å². The van der Waals surface area contributed by atoms with Crippen LogP contribution >= 0.6 is 0 Å². The highest BCUT2D eigenvalue weighted by atomic mass is 16.3. The van der Waals surface area contributed by atoms with Gasteiger partial charge in [0, 0.05) is 0 Å². The summed E-state index contributed by atoms with van der Waals surface area (Å²) >= 11 is 0. The molecule has 288 valence electrons. The maximum Gasteiger partial charge on any atom is 0.249 e. The monoisotopic (exact) mass is 684 g/mol. The van der Waals surface area contributed by atoms with Crippen molar-refractivity contribution in [2.45, 2.75) is 257 Å². The molecule has 0 fully saturated rings. The fourth-order valence-electron chi connectivity index (χ4n) is 6.88. The van der Waals surface area contributed by atoms with E-state index in [1.807, 2.05) is 0 Å². The molecule has 5 N–H and O–H groups in total. The van der Waals surface area contributed by atoms with Crippen molar-refractivity contribution in [2.24, 2.45) is 0 Å². The smallest absolute Gasteiger partial charge is 0.249 e. The molecule has 0 aliphatic carbocycles. The summed E-state index contributed by atoms with van der Waals surface area (Å²) in [4.78, 5) is 12.5. The van der Waals surface area contributed by atoms with Gasteiger partial charge >= 0.3 is 0 Å². The maximum atomic E-state index is 12.5. The van der Waals surface area contributed by atoms with Crippen molar-refractivity contribution in [3.63, 3.8) is 0 Å². The summed E-state index contributed by atoms with van der Waals surface area (Å²) in [5, 5.41) is 43.6. The lowest BCUT2D eigenvalue weighted by atomic mass is 9.99. The number of carbonyl (C=O) groups excluding carboxylic acids is 1. The molecule has 0 radical (unpaired) electrons. The van der Waals surface area contributed by atoms with Crippen molar-refractivity contribution in [3.8, 4) is 0 Å². The summed E-state index contributed by atoms with van der Waals surface area (Å²) in [5.74, 6) is -0.580. The van der Waals surface area contributed by atoms with Gasteiger partial charge in [0.25, 0.3) is 0 Å². The molecule has 48 heavy (non-hydrogen) atoms. The Hall–Kier alpha value is -0.690. The minimum atomic E-state index is -1.25. The van der Waals surface area contributed by atoms with Crippen LogP contribution in [0, 0.1) is 0 Å². The molecule has 0 bridgehead atoms. The number of aliphatic hydroxyl groups excluding tert-OH is 4. The molecule has 0 saturated carbocycles. The van der Waals surface area contributed by atoms with Gasteiger partial charge in [-0.05, 0) is 12.8 Å². The van der Waals surface area contributed by atoms with Crippen molar-refractivity contribution in [1.82, 2.24) is 5.32 Å². The first-order chi connectivity index (χ1) is 23.5. The number of amides is 1. The lowest BCUT2D eigenvalue weighted by Gasteiger charge is -2.27. The normalized spacial score (nSPS) is 14.2. The Morgan fingerprint density at radius 3 is 1.00 bits per heavy atom. The Morgan fingerprint density at radius 2 is 0.708 bits per heavy atom. The highest BCUT2D eigenvalue weighted by molar-refractivity contribution is 5.80. The van der Waals surface area contributed by atoms with Gasteiger partial charge in [-0.15, -0.1) is 0 Å². The molecule has 0 aromatic rings. The van der Waals surface area contributed by atoms with E-state index in [1.54, 1.807) is 0 Å². The highest BCUT2D eigenvalue weighted by Crippen LogP contribution is 2.17. The lowest BCUT2D eigenvalue weighted by Crippen LogP contribution is -2.53. The summed E-state index contributed by atoms with van der Waals surface area (Å²) < 4.78 is 0. The topological polar surface area (TPSA) is 110 Å². The molecule has 0 unspecified atom stereocenters. The predicted molar refractivity (Wildman–Crippen MR) is 205 cm³/mol. The molecule has 0 rings (SSSR count). The number of unbranched alkanes of at least 4 members (excludes halogenated alkanes) is 30. The zero-order chi connectivity index (χ0) is 35.3. The Balaban J connectivity index is 3.68. The standard InChI is InChI=1S/C42H85NO5/c1-3-5-7-9-11-13-15-17-18-19-20-21-22-23-24-26-28-30-32-34-36-40(46)42(48)43-38(37-44)41(47)39(45)35-33-31-29-27-25-16-14-12-10-8-6-4-2/h38-41,44-47H,3-37H2,1-2H3,(H,43,48)/t38-,39-,40+,41+/m1/s1. The highest BCUT2D eigenvalue weighted by Gasteiger charge is 2.28. The van der Waals surface area contributed by atoms with E-state index in [0.29, 0.717) is 12.8 Å². The summed E-state index contributed by atoms with van der Waals surface area (Å²) in [7, 11) is 0. The number of hydrogen-bond acceptors (Lipinski definition) is 5. The molecule has 0 aliphatic heterocycles. The zero-order valence-corrected chi connectivity index (χ0v) is 32.3. The van der Waals surface area contributed by atoms with Gasteiger partial charge in [0.2, 0.25) is 5.91 Å². The molecule has 0 spiro atoms. The predicted octanol–water partition coefficient (Wildman–Crippen LogP) is 10.8. The first-order valence-corrected chi connectivity index (χ1v) is 21.4. The van der Waals surface area contributed by atoms with Gasteiger partial charge in [-0.3, -0.25) is 4.79 Å². The van der Waals surface area contributed by atoms with E-state index in [2.05, 4.69) is 19.2 Å². The van der Waals surface area contributed by atoms with Gasteiger partial charge in [0.1, 0.15) is 12.2 Å². The minimum absolute atomic E-state index is 0.375. The quantitative estimate of drug-likeness (QED) is 0.0414. The van der Waals surface area contributed by atoms with E-state index in [0.717, 1.165) is 38.5 Å². The lowest BCUT2D eigenvalue weighted by molar-refractivity contribution is -0.132. The molecule has 0 aromatic carbocycles. The zero-order valence-electron chi connectivity index (χ0n) is 32.3. The van der Waals surface area contributed by atoms with E-state index in [9.17, 15) is 25.2 Å². The molecule has 0 heterocycles. The minimum Gasteiger partial charge on any atom is -0.394 e. The van der Waals surface area contributed by atoms with Gasteiger partial charge in [0.15, 0.2) is 0 Å². The number of rotatable bonds is 39. The van der Waals surface area contributed by atoms with Gasteiger partial charge in [0.05, 0.1) is 18.8 Å². The second kappa shape index (κ2) is 37.6. The van der Waals surface area contributed by atoms with Crippen LogP contribution in [0.5, 0.6) is 0 Å². The summed E-state index contributed by atoms with van der Waals surface area (Å²) in [6.07, 6.45) is 38.4. The van der Waals surface area contributed by atoms with Crippen LogP contribution < -0.4 is 5.32 Å². The SMILES string of the molecule is CCCCCCCCCCCCCCCCCCCCCC[C@H](O)C(=O)N[C@H](CO)[C@H](O)[C@H](O)CCCCCCCCCCCCCC. The van der Waals surface area contributed by atoms with E-state index in [1.165, 1.54) is 167 Å². The van der Waals surface area contributed by atoms with Crippen LogP contribution in [-0.2, 0) is 4.79 Å². The van der Waals surface area contributed by atoms with Crippen molar-refractivity contribution < 1.29 is 25.2 Å². The van der Waals surface area contributed by atoms with Crippen molar-refractivity contribution in [2.75, 3.05) is 6.61 Å². The fraction of sp³-hybridized carbons (Fsp3) is 0.976. The van der Waals surface area contributed by atoms with Crippen molar-refractivity contribution in [1.29, 1.82) is 0 Å². The third kappa shape index (κ3) is 31.3. The molecule has 0 aromatic heterocycles. The molecule has 4 atom stereocenters. The molecule has 6 nitrogen and oxygen atoms in total. The molecule has 6 heteroatoms. The fourth-order valence-corrected chi connectivity index (χ4v) is 6.88. The Kier molecular flexibility index (Phi) is 37.0. The van der Waals surface area contributed by atoms with E-state index >= 15 is 0 Å². The molecular formula is C42H85NO5. The Morgan fingerprint density at radius 1 is 0.438 bits per heavy atom. The number of hydrogen-bond donors (Lipinski definition) is 5. The molecule has 0 saturated heterocycles. The Labute approximate surface area is 299 Å². The molecular weight excluding hydrogens is 598 g/mol. The second-order valence-corrected chi connectivity index (χ2v) is 15.1. The van der Waals surface area contributed by atoms with Crippen LogP contribution in [0.4, 0.5) is 0 Å². The van der Waals surface area contributed by atoms with Crippen molar-refractivity contribution in [3.05, 3.63) is 0 Å². The third-order valence-electron chi connectivity index (χ3n) is 10.3. The van der Waals surface area contributed by atoms with Crippen LogP contribution in [0.15, 0.2) is 0 Å². The van der Waals surface area contributed by atoms with Crippen LogP contribution in [0.1, 0.15) is 232 Å². The number of aliphatic hydroxyl groups is 4. The average molecular weight is 684 g/mol. The molecule has 0 aliphatic rings. The van der Waals surface area contributed by atoms with E-state index in [-0.39, 0.29) is 0 Å². The summed E-state index contributed by atoms with van der Waals surface area (Å²) in [6, 6.07) is -0.977. The van der Waals surface area contributed by atoms with Crippen LogP contribution in [0.3, 0.4) is 0 Å². The maximum absolute atomic E-state index is 12.5. The largest absolute Gasteiger partial charge is 0.394 e. The first-order valence-electron chi connectivity index (χ1n) is 21.4. The Bertz CT molecular complexity index is 648. The third-order valence-corrected chi connectivity index (χ3v) is 10.3. The number of nitrogens with one attached hydrogen (secondary N) is 1. The van der Waals surface area contributed by atoms with Gasteiger partial charge in [-0.1, -0.05) is 219 Å². The first kappa shape index (κ1) is 47.3. The average Bonchev–Trinajstić information content (AvgIpc) is 3.09. The number of carbonyl (C=O) groups is 1. The van der Waals surface area contributed by atoms with Crippen LogP contribution in [0.2, 0.25) is 0 Å². The van der Waals surface area contributed by atoms with Crippen molar-refractivity contribution >= 4 is 5.91 Å². The summed E-state index contributed by atoms with van der Waals surface area (Å²) in [6.45, 7) is 4.05. The molecule has 1 amide bonds. The second-order valence-electron chi connectivity index (χ2n) is 15.1. The summed E-state index contributed by atoms with van der Waals surface area (Å²) in [5.41, 5.74) is 0. The van der Waals surface area contributed by atoms with Crippen LogP contribution in [-0.4, -0.2) is 57.3 Å². The van der Waals surface area contributed by atoms with Gasteiger partial charge in [-0.2, -0.15) is 0 Å². The van der Waals surface area contributed by atoms with Gasteiger partial charge in [-0.25, -0.2) is 0 Å². The van der Waals surface area contributed by atoms with E-state index < -0.39 is 36.9 Å². The van der Waals surface area contributed by atoms with Gasteiger partial charge < -0.3 is 25.7 Å². The van der Waals surface area contributed by atoms with Crippen LogP contribution in [0.25, 0.3) is 0 Å².